The standard InChI is InChI=1S/C22H24N2O3S/c1-3-13-28-18-11-9-17(10-12-18)20-19(15(2)23-22(26)24-20)21(25)27-14-16-7-5-4-6-8-16/h4-12,20H,3,13-14H2,1-2H3,(H2,23,24,26). The third-order valence-electron chi connectivity index (χ3n) is 4.39. The second kappa shape index (κ2) is 9.46. The molecule has 1 aliphatic heterocycles. The minimum Gasteiger partial charge on any atom is -0.457 e. The molecule has 0 radical (unpaired) electrons. The number of esters is 1. The Morgan fingerprint density at radius 3 is 2.50 bits per heavy atom. The van der Waals surface area contributed by atoms with E-state index in [-0.39, 0.29) is 12.6 Å². The molecule has 0 saturated heterocycles. The van der Waals surface area contributed by atoms with E-state index in [1.165, 1.54) is 4.90 Å². The van der Waals surface area contributed by atoms with Gasteiger partial charge in [-0.2, -0.15) is 0 Å². The van der Waals surface area contributed by atoms with E-state index in [2.05, 4.69) is 17.6 Å². The summed E-state index contributed by atoms with van der Waals surface area (Å²) in [6, 6.07) is 16.6. The van der Waals surface area contributed by atoms with Gasteiger partial charge in [0.05, 0.1) is 11.6 Å². The van der Waals surface area contributed by atoms with Crippen molar-refractivity contribution >= 4 is 23.8 Å². The smallest absolute Gasteiger partial charge is 0.338 e. The predicted molar refractivity (Wildman–Crippen MR) is 111 cm³/mol. The number of rotatable bonds is 7. The van der Waals surface area contributed by atoms with E-state index in [0.717, 1.165) is 23.3 Å². The lowest BCUT2D eigenvalue weighted by molar-refractivity contribution is -0.140. The van der Waals surface area contributed by atoms with Crippen LogP contribution in [0, 0.1) is 0 Å². The fourth-order valence-corrected chi connectivity index (χ4v) is 3.76. The van der Waals surface area contributed by atoms with Crippen LogP contribution in [0.1, 0.15) is 37.4 Å². The molecule has 5 nitrogen and oxygen atoms in total. The number of carbonyl (C=O) groups excluding carboxylic acids is 2. The molecule has 0 saturated carbocycles. The largest absolute Gasteiger partial charge is 0.457 e. The van der Waals surface area contributed by atoms with Crippen LogP contribution in [0.2, 0.25) is 0 Å². The van der Waals surface area contributed by atoms with Crippen LogP contribution < -0.4 is 10.6 Å². The summed E-state index contributed by atoms with van der Waals surface area (Å²) in [7, 11) is 0. The summed E-state index contributed by atoms with van der Waals surface area (Å²) >= 11 is 1.79. The van der Waals surface area contributed by atoms with E-state index >= 15 is 0 Å². The first-order valence-electron chi connectivity index (χ1n) is 9.30. The van der Waals surface area contributed by atoms with Crippen LogP contribution >= 0.6 is 11.8 Å². The number of carbonyl (C=O) groups is 2. The van der Waals surface area contributed by atoms with Gasteiger partial charge in [-0.3, -0.25) is 0 Å². The summed E-state index contributed by atoms with van der Waals surface area (Å²) in [5.74, 6) is 0.614. The molecular formula is C22H24N2O3S. The zero-order valence-corrected chi connectivity index (χ0v) is 16.8. The molecule has 0 bridgehead atoms. The van der Waals surface area contributed by atoms with E-state index in [9.17, 15) is 9.59 Å². The number of benzene rings is 2. The molecule has 28 heavy (non-hydrogen) atoms. The quantitative estimate of drug-likeness (QED) is 0.532. The van der Waals surface area contributed by atoms with E-state index in [4.69, 9.17) is 4.74 Å². The third-order valence-corrected chi connectivity index (χ3v) is 5.61. The molecule has 2 N–H and O–H groups in total. The average molecular weight is 397 g/mol. The molecule has 6 heteroatoms. The van der Waals surface area contributed by atoms with Gasteiger partial charge in [-0.15, -0.1) is 11.8 Å². The Hall–Kier alpha value is -2.73. The van der Waals surface area contributed by atoms with Crippen LogP contribution in [0.5, 0.6) is 0 Å². The fraction of sp³-hybridized carbons (Fsp3) is 0.273. The monoisotopic (exact) mass is 396 g/mol. The second-order valence-electron chi connectivity index (χ2n) is 6.55. The first-order chi connectivity index (χ1) is 13.6. The van der Waals surface area contributed by atoms with Crippen LogP contribution in [0.4, 0.5) is 4.79 Å². The molecule has 1 heterocycles. The summed E-state index contributed by atoms with van der Waals surface area (Å²) in [6.07, 6.45) is 1.11. The van der Waals surface area contributed by atoms with Gasteiger partial charge >= 0.3 is 12.0 Å². The maximum Gasteiger partial charge on any atom is 0.338 e. The Bertz CT molecular complexity index is 863. The maximum atomic E-state index is 12.8. The molecule has 0 spiro atoms. The van der Waals surface area contributed by atoms with Gasteiger partial charge in [0.15, 0.2) is 0 Å². The highest BCUT2D eigenvalue weighted by atomic mass is 32.2. The van der Waals surface area contributed by atoms with Gasteiger partial charge in [-0.25, -0.2) is 9.59 Å². The van der Waals surface area contributed by atoms with Crippen molar-refractivity contribution in [1.29, 1.82) is 0 Å². The second-order valence-corrected chi connectivity index (χ2v) is 7.72. The topological polar surface area (TPSA) is 67.4 Å². The van der Waals surface area contributed by atoms with Crippen molar-refractivity contribution in [2.24, 2.45) is 0 Å². The lowest BCUT2D eigenvalue weighted by atomic mass is 9.95. The van der Waals surface area contributed by atoms with Gasteiger partial charge in [-0.05, 0) is 42.4 Å². The van der Waals surface area contributed by atoms with Crippen molar-refractivity contribution in [3.05, 3.63) is 77.0 Å². The minimum atomic E-state index is -0.540. The van der Waals surface area contributed by atoms with E-state index in [1.54, 1.807) is 18.7 Å². The normalized spacial score (nSPS) is 16.4. The van der Waals surface area contributed by atoms with Gasteiger partial charge in [0.2, 0.25) is 0 Å². The summed E-state index contributed by atoms with van der Waals surface area (Å²) in [5, 5.41) is 5.51. The lowest BCUT2D eigenvalue weighted by Gasteiger charge is -2.28. The summed E-state index contributed by atoms with van der Waals surface area (Å²) < 4.78 is 5.51. The van der Waals surface area contributed by atoms with Gasteiger partial charge in [0.1, 0.15) is 6.61 Å². The first-order valence-corrected chi connectivity index (χ1v) is 10.3. The molecule has 3 rings (SSSR count). The Labute approximate surface area is 169 Å². The van der Waals surface area contributed by atoms with Crippen molar-refractivity contribution in [3.63, 3.8) is 0 Å². The van der Waals surface area contributed by atoms with Gasteiger partial charge < -0.3 is 15.4 Å². The number of urea groups is 1. The van der Waals surface area contributed by atoms with Crippen molar-refractivity contribution in [3.8, 4) is 0 Å². The fourth-order valence-electron chi connectivity index (χ4n) is 2.99. The number of nitrogens with one attached hydrogen (secondary N) is 2. The maximum absolute atomic E-state index is 12.8. The molecule has 2 aromatic rings. The van der Waals surface area contributed by atoms with Crippen LogP contribution in [0.25, 0.3) is 0 Å². The van der Waals surface area contributed by atoms with E-state index in [1.807, 2.05) is 54.6 Å². The van der Waals surface area contributed by atoms with Crippen molar-refractivity contribution in [2.45, 2.75) is 37.8 Å². The number of hydrogen-bond donors (Lipinski definition) is 2. The van der Waals surface area contributed by atoms with Gasteiger partial charge in [0, 0.05) is 10.6 Å². The minimum absolute atomic E-state index is 0.184. The third kappa shape index (κ3) is 4.95. The molecule has 0 aromatic heterocycles. The molecule has 146 valence electrons. The molecule has 0 fully saturated rings. The highest BCUT2D eigenvalue weighted by molar-refractivity contribution is 7.99. The SMILES string of the molecule is CCCSc1ccc(C2NC(=O)NC(C)=C2C(=O)OCc2ccccc2)cc1. The molecule has 2 aromatic carbocycles. The summed E-state index contributed by atoms with van der Waals surface area (Å²) in [6.45, 7) is 4.05. The zero-order valence-electron chi connectivity index (χ0n) is 16.0. The van der Waals surface area contributed by atoms with Crippen LogP contribution in [0.3, 0.4) is 0 Å². The highest BCUT2D eigenvalue weighted by Gasteiger charge is 2.32. The predicted octanol–water partition coefficient (Wildman–Crippen LogP) is 4.56. The Morgan fingerprint density at radius 2 is 1.82 bits per heavy atom. The number of hydrogen-bond acceptors (Lipinski definition) is 4. The molecule has 2 amide bonds. The van der Waals surface area contributed by atoms with Crippen LogP contribution in [-0.2, 0) is 16.1 Å². The number of ether oxygens (including phenoxy) is 1. The van der Waals surface area contributed by atoms with Crippen molar-refractivity contribution < 1.29 is 14.3 Å². The molecule has 1 atom stereocenters. The Kier molecular flexibility index (Phi) is 6.76. The summed E-state index contributed by atoms with van der Waals surface area (Å²) in [4.78, 5) is 26.0. The van der Waals surface area contributed by atoms with E-state index in [0.29, 0.717) is 11.3 Å². The van der Waals surface area contributed by atoms with Crippen molar-refractivity contribution in [2.75, 3.05) is 5.75 Å². The molecular weight excluding hydrogens is 372 g/mol. The van der Waals surface area contributed by atoms with Crippen LogP contribution in [0.15, 0.2) is 70.8 Å². The Morgan fingerprint density at radius 1 is 1.11 bits per heavy atom. The Balaban J connectivity index is 1.79. The number of thioether (sulfide) groups is 1. The van der Waals surface area contributed by atoms with Gasteiger partial charge in [0.25, 0.3) is 0 Å². The molecule has 1 unspecified atom stereocenters. The average Bonchev–Trinajstić information content (AvgIpc) is 2.71. The number of amides is 2. The van der Waals surface area contributed by atoms with Crippen molar-refractivity contribution in [1.82, 2.24) is 10.6 Å². The highest BCUT2D eigenvalue weighted by Crippen LogP contribution is 2.29. The number of allylic oxidation sites excluding steroid dienone is 1. The molecule has 0 aliphatic carbocycles. The van der Waals surface area contributed by atoms with E-state index < -0.39 is 12.0 Å². The van der Waals surface area contributed by atoms with Crippen LogP contribution in [-0.4, -0.2) is 17.8 Å². The summed E-state index contributed by atoms with van der Waals surface area (Å²) in [5.41, 5.74) is 2.69. The van der Waals surface area contributed by atoms with Gasteiger partial charge in [-0.1, -0.05) is 49.4 Å². The lowest BCUT2D eigenvalue weighted by Crippen LogP contribution is -2.45. The molecule has 1 aliphatic rings. The first kappa shape index (κ1) is 20.0. The zero-order chi connectivity index (χ0) is 19.9.